The molecule has 1 fully saturated rings. The van der Waals surface area contributed by atoms with E-state index in [9.17, 15) is 0 Å². The first-order valence-electron chi connectivity index (χ1n) is 9.74. The van der Waals surface area contributed by atoms with Gasteiger partial charge in [-0.1, -0.05) is 43.2 Å². The zero-order valence-electron chi connectivity index (χ0n) is 16.6. The van der Waals surface area contributed by atoms with Gasteiger partial charge in [0.15, 0.2) is 5.96 Å². The van der Waals surface area contributed by atoms with Crippen LogP contribution in [0.25, 0.3) is 0 Å². The summed E-state index contributed by atoms with van der Waals surface area (Å²) in [4.78, 5) is 7.00. The first kappa shape index (κ1) is 22.5. The van der Waals surface area contributed by atoms with Crippen molar-refractivity contribution >= 4 is 35.6 Å². The van der Waals surface area contributed by atoms with Crippen molar-refractivity contribution in [1.82, 2.24) is 4.90 Å². The fourth-order valence-corrected chi connectivity index (χ4v) is 3.37. The number of hydrogen-bond donors (Lipinski definition) is 2. The topological polar surface area (TPSA) is 62.9 Å². The maximum atomic E-state index is 6.00. The molecule has 3 N–H and O–H groups in total. The average molecular weight is 494 g/mol. The summed E-state index contributed by atoms with van der Waals surface area (Å²) in [6, 6.07) is 16.3. The van der Waals surface area contributed by atoms with Gasteiger partial charge in [0, 0.05) is 18.3 Å². The van der Waals surface area contributed by atoms with Crippen molar-refractivity contribution in [1.29, 1.82) is 0 Å². The number of nitrogens with zero attached hydrogens (tertiary/aromatic N) is 2. The highest BCUT2D eigenvalue weighted by Crippen LogP contribution is 2.17. The molecule has 1 heterocycles. The van der Waals surface area contributed by atoms with Crippen LogP contribution in [0.5, 0.6) is 5.75 Å². The largest absolute Gasteiger partial charge is 0.497 e. The molecule has 0 bridgehead atoms. The highest BCUT2D eigenvalue weighted by Gasteiger charge is 2.09. The maximum Gasteiger partial charge on any atom is 0.193 e. The highest BCUT2D eigenvalue weighted by molar-refractivity contribution is 14.0. The van der Waals surface area contributed by atoms with Crippen molar-refractivity contribution in [2.45, 2.75) is 38.8 Å². The van der Waals surface area contributed by atoms with E-state index in [0.717, 1.165) is 23.5 Å². The number of methoxy groups -OCH3 is 1. The molecule has 0 unspecified atom stereocenters. The predicted molar refractivity (Wildman–Crippen MR) is 128 cm³/mol. The summed E-state index contributed by atoms with van der Waals surface area (Å²) < 4.78 is 5.21. The second kappa shape index (κ2) is 11.9. The SMILES string of the molecule is COc1cccc(NC(N)=NCc2ccc(CN3CCCCCC3)cc2)c1.I. The zero-order valence-corrected chi connectivity index (χ0v) is 18.9. The molecule has 6 heteroatoms. The molecule has 152 valence electrons. The number of guanidine groups is 1. The normalized spacial score (nSPS) is 15.4. The molecule has 28 heavy (non-hydrogen) atoms. The van der Waals surface area contributed by atoms with E-state index < -0.39 is 0 Å². The summed E-state index contributed by atoms with van der Waals surface area (Å²) in [6.45, 7) is 4.05. The van der Waals surface area contributed by atoms with Crippen LogP contribution in [0.3, 0.4) is 0 Å². The number of rotatable bonds is 6. The lowest BCUT2D eigenvalue weighted by molar-refractivity contribution is 0.277. The summed E-state index contributed by atoms with van der Waals surface area (Å²) in [5, 5.41) is 3.10. The lowest BCUT2D eigenvalue weighted by Gasteiger charge is -2.19. The van der Waals surface area contributed by atoms with Gasteiger partial charge in [0.1, 0.15) is 5.75 Å². The fourth-order valence-electron chi connectivity index (χ4n) is 3.37. The quantitative estimate of drug-likeness (QED) is 0.350. The third kappa shape index (κ3) is 7.31. The molecule has 0 atom stereocenters. The number of nitrogens with two attached hydrogens (primary N) is 1. The van der Waals surface area contributed by atoms with Gasteiger partial charge in [-0.15, -0.1) is 24.0 Å². The summed E-state index contributed by atoms with van der Waals surface area (Å²) >= 11 is 0. The van der Waals surface area contributed by atoms with Crippen molar-refractivity contribution < 1.29 is 4.74 Å². The number of ether oxygens (including phenoxy) is 1. The molecule has 1 aliphatic rings. The van der Waals surface area contributed by atoms with E-state index in [1.165, 1.54) is 44.3 Å². The van der Waals surface area contributed by atoms with Crippen molar-refractivity contribution in [2.24, 2.45) is 10.7 Å². The van der Waals surface area contributed by atoms with Gasteiger partial charge < -0.3 is 15.8 Å². The molecule has 0 saturated carbocycles. The van der Waals surface area contributed by atoms with Gasteiger partial charge in [0.2, 0.25) is 0 Å². The number of hydrogen-bond acceptors (Lipinski definition) is 3. The van der Waals surface area contributed by atoms with E-state index in [4.69, 9.17) is 10.5 Å². The van der Waals surface area contributed by atoms with Gasteiger partial charge in [-0.3, -0.25) is 4.90 Å². The second-order valence-corrected chi connectivity index (χ2v) is 7.07. The number of nitrogens with one attached hydrogen (secondary N) is 1. The molecule has 0 radical (unpaired) electrons. The first-order chi connectivity index (χ1) is 13.2. The first-order valence-corrected chi connectivity index (χ1v) is 9.74. The summed E-state index contributed by atoms with van der Waals surface area (Å²) in [5.41, 5.74) is 9.39. The Balaban J connectivity index is 0.00000280. The molecule has 1 aliphatic heterocycles. The van der Waals surface area contributed by atoms with E-state index in [0.29, 0.717) is 12.5 Å². The van der Waals surface area contributed by atoms with E-state index in [-0.39, 0.29) is 24.0 Å². The van der Waals surface area contributed by atoms with Gasteiger partial charge in [0.05, 0.1) is 13.7 Å². The summed E-state index contributed by atoms with van der Waals surface area (Å²) in [7, 11) is 1.65. The second-order valence-electron chi connectivity index (χ2n) is 7.07. The minimum atomic E-state index is 0. The molecule has 3 rings (SSSR count). The third-order valence-corrected chi connectivity index (χ3v) is 4.90. The van der Waals surface area contributed by atoms with Crippen molar-refractivity contribution in [2.75, 3.05) is 25.5 Å². The Morgan fingerprint density at radius 1 is 1.04 bits per heavy atom. The fraction of sp³-hybridized carbons (Fsp3) is 0.409. The molecule has 5 nitrogen and oxygen atoms in total. The van der Waals surface area contributed by atoms with Crippen LogP contribution >= 0.6 is 24.0 Å². The van der Waals surface area contributed by atoms with Crippen LogP contribution in [-0.2, 0) is 13.1 Å². The van der Waals surface area contributed by atoms with Crippen molar-refractivity contribution in [3.63, 3.8) is 0 Å². The predicted octanol–water partition coefficient (Wildman–Crippen LogP) is 4.62. The molecule has 2 aromatic rings. The Bertz CT molecular complexity index is 740. The van der Waals surface area contributed by atoms with Crippen LogP contribution < -0.4 is 15.8 Å². The lowest BCUT2D eigenvalue weighted by Crippen LogP contribution is -2.23. The Kier molecular flexibility index (Phi) is 9.57. The van der Waals surface area contributed by atoms with E-state index in [2.05, 4.69) is 39.5 Å². The molecule has 0 amide bonds. The van der Waals surface area contributed by atoms with Crippen LogP contribution in [0.15, 0.2) is 53.5 Å². The lowest BCUT2D eigenvalue weighted by atomic mass is 10.1. The van der Waals surface area contributed by atoms with E-state index in [1.54, 1.807) is 7.11 Å². The van der Waals surface area contributed by atoms with Crippen LogP contribution in [0, 0.1) is 0 Å². The van der Waals surface area contributed by atoms with Crippen LogP contribution in [-0.4, -0.2) is 31.1 Å². The number of aliphatic imine (C=N–C) groups is 1. The Hall–Kier alpha value is -1.80. The zero-order chi connectivity index (χ0) is 18.9. The monoisotopic (exact) mass is 494 g/mol. The summed E-state index contributed by atoms with van der Waals surface area (Å²) in [5.74, 6) is 1.18. The van der Waals surface area contributed by atoms with Gasteiger partial charge in [-0.25, -0.2) is 4.99 Å². The smallest absolute Gasteiger partial charge is 0.193 e. The average Bonchev–Trinajstić information content (AvgIpc) is 2.96. The Morgan fingerprint density at radius 3 is 2.39 bits per heavy atom. The van der Waals surface area contributed by atoms with Gasteiger partial charge in [-0.2, -0.15) is 0 Å². The van der Waals surface area contributed by atoms with Gasteiger partial charge >= 0.3 is 0 Å². The molecule has 0 aliphatic carbocycles. The van der Waals surface area contributed by atoms with E-state index in [1.807, 2.05) is 24.3 Å². The van der Waals surface area contributed by atoms with Gasteiger partial charge in [0.25, 0.3) is 0 Å². The molecule has 0 aromatic heterocycles. The Labute approximate surface area is 185 Å². The number of anilines is 1. The van der Waals surface area contributed by atoms with Crippen molar-refractivity contribution in [3.05, 3.63) is 59.7 Å². The highest BCUT2D eigenvalue weighted by atomic mass is 127. The number of halogens is 1. The summed E-state index contributed by atoms with van der Waals surface area (Å²) in [6.07, 6.45) is 5.40. The minimum absolute atomic E-state index is 0. The standard InChI is InChI=1S/C22H30N4O.HI/c1-27-21-8-6-7-20(15-21)25-22(23)24-16-18-9-11-19(12-10-18)17-26-13-4-2-3-5-14-26;/h6-12,15H,2-5,13-14,16-17H2,1H3,(H3,23,24,25);1H. The van der Waals surface area contributed by atoms with Crippen LogP contribution in [0.4, 0.5) is 5.69 Å². The van der Waals surface area contributed by atoms with Crippen LogP contribution in [0.2, 0.25) is 0 Å². The molecular formula is C22H31IN4O. The number of benzene rings is 2. The van der Waals surface area contributed by atoms with Crippen molar-refractivity contribution in [3.8, 4) is 5.75 Å². The molecule has 1 saturated heterocycles. The molecule has 2 aromatic carbocycles. The number of likely N-dealkylation sites (tertiary alicyclic amines) is 1. The van der Waals surface area contributed by atoms with E-state index >= 15 is 0 Å². The Morgan fingerprint density at radius 2 is 1.71 bits per heavy atom. The van der Waals surface area contributed by atoms with Gasteiger partial charge in [-0.05, 0) is 49.2 Å². The third-order valence-electron chi connectivity index (χ3n) is 4.90. The molecule has 0 spiro atoms. The maximum absolute atomic E-state index is 6.00. The molecular weight excluding hydrogens is 463 g/mol. The van der Waals surface area contributed by atoms with Crippen LogP contribution in [0.1, 0.15) is 36.8 Å². The minimum Gasteiger partial charge on any atom is -0.497 e.